The number of hydrogen-bond acceptors (Lipinski definition) is 6. The summed E-state index contributed by atoms with van der Waals surface area (Å²) in [7, 11) is 1.57. The van der Waals surface area contributed by atoms with Crippen LogP contribution in [-0.2, 0) is 23.8 Å². The van der Waals surface area contributed by atoms with Crippen LogP contribution in [0.3, 0.4) is 0 Å². The van der Waals surface area contributed by atoms with Gasteiger partial charge in [0.15, 0.2) is 0 Å². The van der Waals surface area contributed by atoms with Crippen molar-refractivity contribution in [3.8, 4) is 5.75 Å². The Balaban J connectivity index is 2.23. The molecule has 1 aliphatic rings. The molecule has 1 fully saturated rings. The van der Waals surface area contributed by atoms with Crippen LogP contribution in [0.1, 0.15) is 31.1 Å². The average molecular weight is 410 g/mol. The second-order valence-electron chi connectivity index (χ2n) is 6.76. The third-order valence-corrected chi connectivity index (χ3v) is 5.07. The Kier molecular flexibility index (Phi) is 6.90. The van der Waals surface area contributed by atoms with E-state index in [1.54, 1.807) is 27.0 Å². The number of benzene rings is 2. The van der Waals surface area contributed by atoms with E-state index in [1.807, 2.05) is 54.6 Å². The lowest BCUT2D eigenvalue weighted by molar-refractivity contribution is -0.174. The number of carbonyl (C=O) groups excluding carboxylic acids is 2. The first-order valence-electron chi connectivity index (χ1n) is 9.94. The molecule has 0 saturated carbocycles. The molecule has 0 bridgehead atoms. The lowest BCUT2D eigenvalue weighted by atomic mass is 9.74. The monoisotopic (exact) mass is 410 g/mol. The van der Waals surface area contributed by atoms with Gasteiger partial charge in [0.25, 0.3) is 0 Å². The fourth-order valence-electron chi connectivity index (χ4n) is 3.73. The van der Waals surface area contributed by atoms with Crippen LogP contribution in [0.2, 0.25) is 0 Å². The van der Waals surface area contributed by atoms with E-state index in [0.717, 1.165) is 5.56 Å². The minimum absolute atomic E-state index is 0.0786. The Hall–Kier alpha value is -3.12. The number of methoxy groups -OCH3 is 1. The summed E-state index contributed by atoms with van der Waals surface area (Å²) in [6, 6.07) is 16.5. The number of ether oxygens (including phenoxy) is 4. The Morgan fingerprint density at radius 1 is 1.00 bits per heavy atom. The van der Waals surface area contributed by atoms with E-state index in [1.165, 1.54) is 0 Å². The summed E-state index contributed by atoms with van der Waals surface area (Å²) in [4.78, 5) is 26.7. The number of carbonyl (C=O) groups is 2. The van der Waals surface area contributed by atoms with Gasteiger partial charge < -0.3 is 18.9 Å². The maximum Gasteiger partial charge on any atom is 0.330 e. The van der Waals surface area contributed by atoms with Gasteiger partial charge in [-0.1, -0.05) is 48.5 Å². The van der Waals surface area contributed by atoms with Crippen molar-refractivity contribution in [3.63, 3.8) is 0 Å². The highest BCUT2D eigenvalue weighted by Crippen LogP contribution is 2.51. The highest BCUT2D eigenvalue weighted by molar-refractivity contribution is 6.06. The molecule has 0 aromatic heterocycles. The highest BCUT2D eigenvalue weighted by atomic mass is 16.6. The first kappa shape index (κ1) is 21.6. The van der Waals surface area contributed by atoms with Crippen molar-refractivity contribution in [2.45, 2.75) is 20.0 Å². The lowest BCUT2D eigenvalue weighted by Crippen LogP contribution is -2.45. The zero-order chi connectivity index (χ0) is 21.6. The third-order valence-electron chi connectivity index (χ3n) is 5.07. The van der Waals surface area contributed by atoms with E-state index in [4.69, 9.17) is 18.9 Å². The molecule has 30 heavy (non-hydrogen) atoms. The van der Waals surface area contributed by atoms with E-state index in [2.05, 4.69) is 0 Å². The fraction of sp³-hybridized carbons (Fsp3) is 0.333. The molecule has 1 aliphatic heterocycles. The smallest absolute Gasteiger partial charge is 0.330 e. The zero-order valence-electron chi connectivity index (χ0n) is 17.4. The fourth-order valence-corrected chi connectivity index (χ4v) is 3.73. The molecule has 0 amide bonds. The summed E-state index contributed by atoms with van der Waals surface area (Å²) in [6.07, 6.45) is 0.896. The Morgan fingerprint density at radius 3 is 2.20 bits per heavy atom. The maximum atomic E-state index is 13.3. The van der Waals surface area contributed by atoms with E-state index in [9.17, 15) is 9.59 Å². The van der Waals surface area contributed by atoms with Crippen molar-refractivity contribution in [1.29, 1.82) is 0 Å². The predicted molar refractivity (Wildman–Crippen MR) is 112 cm³/mol. The number of esters is 2. The molecule has 3 rings (SSSR count). The molecule has 6 nitrogen and oxygen atoms in total. The summed E-state index contributed by atoms with van der Waals surface area (Å²) in [5.74, 6) is -0.748. The van der Waals surface area contributed by atoms with Crippen LogP contribution in [0.15, 0.2) is 60.2 Å². The van der Waals surface area contributed by atoms with Crippen molar-refractivity contribution >= 4 is 18.0 Å². The van der Waals surface area contributed by atoms with Crippen LogP contribution in [-0.4, -0.2) is 38.9 Å². The SMILES string of the molecule is CCOC(=O)C1(C(=O)OCC)/C(=C/c2ccccc2OC)COC1c1ccccc1. The average Bonchev–Trinajstić information content (AvgIpc) is 3.15. The van der Waals surface area contributed by atoms with Gasteiger partial charge in [0, 0.05) is 5.56 Å². The Labute approximate surface area is 176 Å². The van der Waals surface area contributed by atoms with Gasteiger partial charge in [-0.25, -0.2) is 0 Å². The molecule has 6 heteroatoms. The van der Waals surface area contributed by atoms with E-state index >= 15 is 0 Å². The van der Waals surface area contributed by atoms with E-state index in [-0.39, 0.29) is 19.8 Å². The van der Waals surface area contributed by atoms with E-state index in [0.29, 0.717) is 16.9 Å². The van der Waals surface area contributed by atoms with Crippen LogP contribution in [0.25, 0.3) is 6.08 Å². The molecular formula is C24H26O6. The van der Waals surface area contributed by atoms with Crippen LogP contribution in [0.4, 0.5) is 0 Å². The molecule has 158 valence electrons. The summed E-state index contributed by atoms with van der Waals surface area (Å²) in [5.41, 5.74) is 0.152. The second-order valence-corrected chi connectivity index (χ2v) is 6.76. The highest BCUT2D eigenvalue weighted by Gasteiger charge is 2.62. The third kappa shape index (κ3) is 3.83. The molecule has 2 aromatic carbocycles. The molecule has 0 N–H and O–H groups in total. The quantitative estimate of drug-likeness (QED) is 0.508. The first-order chi connectivity index (χ1) is 14.6. The molecule has 0 radical (unpaired) electrons. The van der Waals surface area contributed by atoms with Gasteiger partial charge in [-0.15, -0.1) is 0 Å². The normalized spacial score (nSPS) is 18.8. The minimum Gasteiger partial charge on any atom is -0.496 e. The van der Waals surface area contributed by atoms with Crippen molar-refractivity contribution in [1.82, 2.24) is 0 Å². The molecule has 2 aromatic rings. The predicted octanol–water partition coefficient (Wildman–Crippen LogP) is 3.96. The Morgan fingerprint density at radius 2 is 1.60 bits per heavy atom. The number of rotatable bonds is 7. The van der Waals surface area contributed by atoms with Crippen molar-refractivity contribution in [2.24, 2.45) is 5.41 Å². The van der Waals surface area contributed by atoms with Gasteiger partial charge in [-0.2, -0.15) is 0 Å². The molecule has 0 aliphatic carbocycles. The van der Waals surface area contributed by atoms with Gasteiger partial charge in [0.05, 0.1) is 26.9 Å². The molecule has 1 heterocycles. The van der Waals surface area contributed by atoms with Gasteiger partial charge in [0.1, 0.15) is 11.9 Å². The van der Waals surface area contributed by atoms with Gasteiger partial charge in [-0.05, 0) is 37.1 Å². The summed E-state index contributed by atoms with van der Waals surface area (Å²) in [6.45, 7) is 3.74. The lowest BCUT2D eigenvalue weighted by Gasteiger charge is -2.30. The maximum absolute atomic E-state index is 13.3. The zero-order valence-corrected chi connectivity index (χ0v) is 17.4. The van der Waals surface area contributed by atoms with Crippen molar-refractivity contribution < 1.29 is 28.5 Å². The molecule has 1 atom stereocenters. The van der Waals surface area contributed by atoms with Gasteiger partial charge >= 0.3 is 11.9 Å². The van der Waals surface area contributed by atoms with Crippen LogP contribution in [0.5, 0.6) is 5.75 Å². The summed E-state index contributed by atoms with van der Waals surface area (Å²) >= 11 is 0. The first-order valence-corrected chi connectivity index (χ1v) is 9.94. The van der Waals surface area contributed by atoms with Crippen molar-refractivity contribution in [2.75, 3.05) is 26.9 Å². The minimum atomic E-state index is -1.74. The standard InChI is InChI=1S/C24H26O6/c1-4-28-22(25)24(23(26)29-5-2)19(15-18-13-9-10-14-20(18)27-3)16-30-21(24)17-11-7-6-8-12-17/h6-15,21H,4-5,16H2,1-3H3/b19-15+. The van der Waals surface area contributed by atoms with Crippen LogP contribution in [0, 0.1) is 5.41 Å². The Bertz CT molecular complexity index is 900. The van der Waals surface area contributed by atoms with Gasteiger partial charge in [0.2, 0.25) is 5.41 Å². The molecule has 1 saturated heterocycles. The van der Waals surface area contributed by atoms with Crippen molar-refractivity contribution in [3.05, 3.63) is 71.3 Å². The second kappa shape index (κ2) is 9.59. The topological polar surface area (TPSA) is 71.1 Å². The largest absolute Gasteiger partial charge is 0.496 e. The van der Waals surface area contributed by atoms with Gasteiger partial charge in [-0.3, -0.25) is 9.59 Å². The summed E-state index contributed by atoms with van der Waals surface area (Å²) < 4.78 is 22.2. The molecule has 0 spiro atoms. The number of hydrogen-bond donors (Lipinski definition) is 0. The van der Waals surface area contributed by atoms with Crippen LogP contribution < -0.4 is 4.74 Å². The van der Waals surface area contributed by atoms with Crippen LogP contribution >= 0.6 is 0 Å². The molecular weight excluding hydrogens is 384 g/mol. The molecule has 1 unspecified atom stereocenters. The summed E-state index contributed by atoms with van der Waals surface area (Å²) in [5, 5.41) is 0. The van der Waals surface area contributed by atoms with E-state index < -0.39 is 23.5 Å². The number of para-hydroxylation sites is 1.